The molecule has 10 nitrogen and oxygen atoms in total. The highest BCUT2D eigenvalue weighted by Gasteiger charge is 2.81. The van der Waals surface area contributed by atoms with Gasteiger partial charge in [-0.1, -0.05) is 23.8 Å². The Balaban J connectivity index is 1.44. The monoisotopic (exact) mass is 674 g/mol. The number of Topliss-reactive ketones (excluding diaryl/α,β-unsaturated/α-hetero) is 2. The highest BCUT2D eigenvalue weighted by molar-refractivity contribution is 6.19. The molecule has 3 aliphatic carbocycles. The van der Waals surface area contributed by atoms with Crippen molar-refractivity contribution in [3.63, 3.8) is 0 Å². The number of benzene rings is 1. The predicted octanol–water partition coefficient (Wildman–Crippen LogP) is 5.81. The van der Waals surface area contributed by atoms with Crippen LogP contribution < -0.4 is 9.47 Å². The van der Waals surface area contributed by atoms with E-state index in [4.69, 9.17) is 18.9 Å². The first-order valence-electron chi connectivity index (χ1n) is 17.2. The fourth-order valence-corrected chi connectivity index (χ4v) is 9.02. The van der Waals surface area contributed by atoms with Crippen LogP contribution in [-0.2, 0) is 25.5 Å². The number of aliphatic carboxylic acids is 1. The quantitative estimate of drug-likeness (QED) is 0.166. The van der Waals surface area contributed by atoms with E-state index in [0.29, 0.717) is 29.7 Å². The number of rotatable bonds is 9. The molecule has 1 aromatic carbocycles. The van der Waals surface area contributed by atoms with E-state index in [1.165, 1.54) is 18.6 Å². The van der Waals surface area contributed by atoms with Crippen molar-refractivity contribution in [3.05, 3.63) is 57.7 Å². The number of carbonyl (C=O) groups is 3. The second kappa shape index (κ2) is 10.6. The van der Waals surface area contributed by atoms with E-state index in [1.54, 1.807) is 12.2 Å². The highest BCUT2D eigenvalue weighted by atomic mass is 16.6. The molecule has 4 aliphatic heterocycles. The van der Waals surface area contributed by atoms with Crippen LogP contribution in [0.25, 0.3) is 6.08 Å². The van der Waals surface area contributed by atoms with Gasteiger partial charge in [-0.15, -0.1) is 0 Å². The number of epoxide rings is 1. The Morgan fingerprint density at radius 2 is 1.73 bits per heavy atom. The minimum atomic E-state index is -1.71. The number of aromatic hydroxyl groups is 1. The Kier molecular flexibility index (Phi) is 7.33. The van der Waals surface area contributed by atoms with Gasteiger partial charge in [-0.05, 0) is 86.8 Å². The number of phenols is 1. The number of allylic oxidation sites excluding steroid dienone is 3. The standard InChI is InChI=1S/C39H46O10/c1-19(2)10-9-13-37(8)14-12-22-28(41)27-29(42)24-16-21-17-26-35(4,5)49-38(32(21)43,15-11-20(3)34(44)45)39(24,26)47-31(27)23(30(22)46-37)18-25(40)33-36(6,7)48-33/h10-12,14,16,21,25-26,33,40-41H,9,13,15,17-18H2,1-8H3,(H,44,45)/b20-11-/t21-,25?,26?,33?,37-,38+,39-/m1/s1. The number of hydrogen-bond acceptors (Lipinski definition) is 9. The molecule has 4 bridgehead atoms. The molecule has 10 heteroatoms. The summed E-state index contributed by atoms with van der Waals surface area (Å²) in [5.41, 5.74) is -3.48. The summed E-state index contributed by atoms with van der Waals surface area (Å²) >= 11 is 0. The van der Waals surface area contributed by atoms with Crippen molar-refractivity contribution in [1.82, 2.24) is 0 Å². The molecule has 0 amide bonds. The van der Waals surface area contributed by atoms with Crippen LogP contribution >= 0.6 is 0 Å². The van der Waals surface area contributed by atoms with Gasteiger partial charge in [-0.25, -0.2) is 4.79 Å². The third kappa shape index (κ3) is 4.73. The fraction of sp³-hybridized carbons (Fsp3) is 0.564. The summed E-state index contributed by atoms with van der Waals surface area (Å²) < 4.78 is 26.4. The topological polar surface area (TPSA) is 152 Å². The molecule has 49 heavy (non-hydrogen) atoms. The Bertz CT molecular complexity index is 1820. The van der Waals surface area contributed by atoms with Crippen LogP contribution in [0.3, 0.4) is 0 Å². The van der Waals surface area contributed by atoms with Gasteiger partial charge in [-0.3, -0.25) is 9.59 Å². The maximum Gasteiger partial charge on any atom is 0.330 e. The van der Waals surface area contributed by atoms with Gasteiger partial charge in [0, 0.05) is 41.4 Å². The van der Waals surface area contributed by atoms with E-state index >= 15 is 0 Å². The lowest BCUT2D eigenvalue weighted by atomic mass is 9.51. The summed E-state index contributed by atoms with van der Waals surface area (Å²) in [7, 11) is 0. The van der Waals surface area contributed by atoms with E-state index in [1.807, 2.05) is 54.5 Å². The number of carboxylic acid groups (broad SMARTS) is 1. The minimum Gasteiger partial charge on any atom is -0.506 e. The molecule has 8 rings (SSSR count). The lowest BCUT2D eigenvalue weighted by Gasteiger charge is -2.56. The molecular weight excluding hydrogens is 628 g/mol. The number of ether oxygens (including phenoxy) is 4. The zero-order valence-corrected chi connectivity index (χ0v) is 29.4. The van der Waals surface area contributed by atoms with E-state index in [-0.39, 0.29) is 46.8 Å². The van der Waals surface area contributed by atoms with Crippen LogP contribution in [0.5, 0.6) is 17.2 Å². The summed E-state index contributed by atoms with van der Waals surface area (Å²) in [4.78, 5) is 41.1. The molecule has 2 saturated heterocycles. The van der Waals surface area contributed by atoms with E-state index < -0.39 is 63.8 Å². The van der Waals surface area contributed by atoms with E-state index in [2.05, 4.69) is 6.08 Å². The van der Waals surface area contributed by atoms with Crippen LogP contribution in [0.1, 0.15) is 103 Å². The normalized spacial score (nSPS) is 34.6. The average Bonchev–Trinajstić information content (AvgIpc) is 3.62. The van der Waals surface area contributed by atoms with Gasteiger partial charge in [0.05, 0.1) is 22.9 Å². The van der Waals surface area contributed by atoms with E-state index in [9.17, 15) is 29.7 Å². The number of phenolic OH excluding ortho intramolecular Hbond substituents is 1. The largest absolute Gasteiger partial charge is 0.506 e. The number of carbonyl (C=O) groups excluding carboxylic acids is 2. The van der Waals surface area contributed by atoms with Crippen molar-refractivity contribution >= 4 is 23.6 Å². The molecule has 1 aromatic rings. The van der Waals surface area contributed by atoms with Crippen LogP contribution in [0.4, 0.5) is 0 Å². The fourth-order valence-electron chi connectivity index (χ4n) is 9.02. The van der Waals surface area contributed by atoms with Gasteiger partial charge in [-0.2, -0.15) is 0 Å². The first kappa shape index (κ1) is 33.8. The summed E-state index contributed by atoms with van der Waals surface area (Å²) in [6.45, 7) is 15.0. The Hall–Kier alpha value is -3.73. The Morgan fingerprint density at radius 3 is 2.37 bits per heavy atom. The maximum absolute atomic E-state index is 14.8. The number of ketones is 2. The molecular formula is C39H46O10. The first-order valence-corrected chi connectivity index (χ1v) is 17.2. The predicted molar refractivity (Wildman–Crippen MR) is 180 cm³/mol. The van der Waals surface area contributed by atoms with Gasteiger partial charge < -0.3 is 34.3 Å². The molecule has 3 unspecified atom stereocenters. The molecule has 262 valence electrons. The zero-order valence-electron chi connectivity index (χ0n) is 29.4. The smallest absolute Gasteiger partial charge is 0.330 e. The third-order valence-corrected chi connectivity index (χ3v) is 11.6. The van der Waals surface area contributed by atoms with Crippen molar-refractivity contribution in [1.29, 1.82) is 0 Å². The minimum absolute atomic E-state index is 0.0180. The van der Waals surface area contributed by atoms with Gasteiger partial charge in [0.1, 0.15) is 34.5 Å². The number of carboxylic acids is 1. The molecule has 1 saturated carbocycles. The van der Waals surface area contributed by atoms with Crippen molar-refractivity contribution in [2.24, 2.45) is 11.8 Å². The Morgan fingerprint density at radius 1 is 1.04 bits per heavy atom. The van der Waals surface area contributed by atoms with Crippen LogP contribution in [0.2, 0.25) is 0 Å². The third-order valence-electron chi connectivity index (χ3n) is 11.6. The number of aliphatic hydroxyl groups excluding tert-OH is 1. The molecule has 3 fully saturated rings. The van der Waals surface area contributed by atoms with Crippen molar-refractivity contribution in [3.8, 4) is 17.2 Å². The lowest BCUT2D eigenvalue weighted by molar-refractivity contribution is -0.171. The molecule has 0 aromatic heterocycles. The van der Waals surface area contributed by atoms with Gasteiger partial charge in [0.15, 0.2) is 22.8 Å². The van der Waals surface area contributed by atoms with Crippen molar-refractivity contribution in [2.45, 2.75) is 128 Å². The Labute approximate surface area is 286 Å². The second-order valence-electron chi connectivity index (χ2n) is 16.2. The number of fused-ring (bicyclic) bond motifs is 2. The highest BCUT2D eigenvalue weighted by Crippen LogP contribution is 2.68. The lowest BCUT2D eigenvalue weighted by Crippen LogP contribution is -2.72. The molecule has 7 atom stereocenters. The van der Waals surface area contributed by atoms with Gasteiger partial charge >= 0.3 is 5.97 Å². The van der Waals surface area contributed by atoms with Gasteiger partial charge in [0.2, 0.25) is 0 Å². The summed E-state index contributed by atoms with van der Waals surface area (Å²) in [6.07, 6.45) is 9.01. The van der Waals surface area contributed by atoms with Crippen molar-refractivity contribution in [2.75, 3.05) is 0 Å². The average molecular weight is 675 g/mol. The molecule has 0 radical (unpaired) electrons. The molecule has 1 spiro atoms. The molecule has 4 heterocycles. The maximum atomic E-state index is 14.8. The first-order chi connectivity index (χ1) is 22.8. The zero-order chi connectivity index (χ0) is 35.6. The van der Waals surface area contributed by atoms with Gasteiger partial charge in [0.25, 0.3) is 0 Å². The van der Waals surface area contributed by atoms with Crippen LogP contribution in [0, 0.1) is 11.8 Å². The number of hydrogen-bond donors (Lipinski definition) is 3. The number of aliphatic hydroxyl groups is 1. The summed E-state index contributed by atoms with van der Waals surface area (Å²) in [5.74, 6) is -2.96. The SMILES string of the molecule is CC(C)=CCC[C@]1(C)C=Cc2c(O)c3c(c(CC(O)C4OC4(C)C)c2O1)O[C@]12C(=C[C@@H]4CC1C(C)(C)O[C@@]2(C/C=C(/C)C(=O)O)C4=O)C3=O. The molecule has 3 N–H and O–H groups in total. The van der Waals surface area contributed by atoms with Crippen molar-refractivity contribution < 1.29 is 48.7 Å². The molecule has 7 aliphatic rings. The van der Waals surface area contributed by atoms with Crippen LogP contribution in [-0.4, -0.2) is 73.1 Å². The summed E-state index contributed by atoms with van der Waals surface area (Å²) in [5, 5.41) is 33.1. The van der Waals surface area contributed by atoms with E-state index in [0.717, 1.165) is 6.42 Å². The summed E-state index contributed by atoms with van der Waals surface area (Å²) in [6, 6.07) is 0. The van der Waals surface area contributed by atoms with Crippen LogP contribution in [0.15, 0.2) is 41.0 Å². The second-order valence-corrected chi connectivity index (χ2v) is 16.2.